The number of aliphatic hydroxyl groups excluding tert-OH is 4. The van der Waals surface area contributed by atoms with E-state index in [0.717, 1.165) is 0 Å². The molecule has 42 heavy (non-hydrogen) atoms. The number of carbonyl (C=O) groups excluding carboxylic acids is 1. The van der Waals surface area contributed by atoms with Gasteiger partial charge in [-0.15, -0.1) is 0 Å². The number of ether oxygens (including phenoxy) is 4. The SMILES string of the molecule is C[C@@H]1C(O)[C@@H](OC2C(O)C(O[C@H]3O[C@H](CNCCO)CCC3N)[C@@H](N)C[C@H]2NC(=O)[C@@H](O)[C@@H](N)CCN)OCC1(C)O. The number of carbonyl (C=O) groups is 1. The molecule has 1 amide bonds. The Labute approximate surface area is 246 Å². The lowest BCUT2D eigenvalue weighted by atomic mass is 9.82. The maximum absolute atomic E-state index is 12.9. The van der Waals surface area contributed by atoms with Gasteiger partial charge in [0.1, 0.15) is 30.5 Å². The maximum Gasteiger partial charge on any atom is 0.250 e. The molecule has 16 heteroatoms. The highest BCUT2D eigenvalue weighted by atomic mass is 16.7. The van der Waals surface area contributed by atoms with E-state index in [1.165, 1.54) is 6.92 Å². The summed E-state index contributed by atoms with van der Waals surface area (Å²) in [6.07, 6.45) is -7.43. The van der Waals surface area contributed by atoms with Crippen molar-refractivity contribution in [2.75, 3.05) is 32.8 Å². The zero-order valence-electron chi connectivity index (χ0n) is 24.5. The maximum atomic E-state index is 12.9. The summed E-state index contributed by atoms with van der Waals surface area (Å²) in [5.41, 5.74) is 22.8. The standard InChI is InChI=1S/C26H52N6O10/c1-12-18(34)25(39-11-26(12,2)38)42-22-17(32-23(37)19(35)14(28)5-6-27)9-16(30)21(20(22)36)41-24-15(29)4-3-13(40-24)10-31-7-8-33/h12-22,24-25,31,33-36,38H,3-11,27-30H2,1-2H3,(H,32,37)/t12-,13+,14+,15?,16+,17-,18?,19+,20?,21?,22?,24-,25-,26?/m1/s1. The molecule has 6 unspecified atom stereocenters. The Morgan fingerprint density at radius 1 is 1.12 bits per heavy atom. The molecule has 3 fully saturated rings. The predicted molar refractivity (Wildman–Crippen MR) is 149 cm³/mol. The number of nitrogens with two attached hydrogens (primary N) is 4. The fraction of sp³-hybridized carbons (Fsp3) is 0.962. The normalized spacial score (nSPS) is 42.6. The van der Waals surface area contributed by atoms with Crippen molar-refractivity contribution in [2.45, 2.75) is 119 Å². The molecule has 16 nitrogen and oxygen atoms in total. The lowest BCUT2D eigenvalue weighted by Gasteiger charge is -2.48. The van der Waals surface area contributed by atoms with Crippen molar-refractivity contribution in [2.24, 2.45) is 28.9 Å². The summed E-state index contributed by atoms with van der Waals surface area (Å²) in [5.74, 6) is -1.44. The molecule has 1 saturated carbocycles. The van der Waals surface area contributed by atoms with Crippen LogP contribution in [-0.2, 0) is 23.7 Å². The molecule has 3 aliphatic rings. The second kappa shape index (κ2) is 15.8. The average molecular weight is 609 g/mol. The quantitative estimate of drug-likeness (QED) is 0.0872. The first-order chi connectivity index (χ1) is 19.8. The van der Waals surface area contributed by atoms with E-state index in [4.69, 9.17) is 47.0 Å². The third kappa shape index (κ3) is 8.76. The number of hydrogen-bond acceptors (Lipinski definition) is 15. The minimum atomic E-state index is -1.58. The highest BCUT2D eigenvalue weighted by molar-refractivity contribution is 5.81. The van der Waals surface area contributed by atoms with Crippen molar-refractivity contribution in [1.29, 1.82) is 0 Å². The molecule has 246 valence electrons. The van der Waals surface area contributed by atoms with Crippen LogP contribution in [0, 0.1) is 5.92 Å². The average Bonchev–Trinajstić information content (AvgIpc) is 2.94. The summed E-state index contributed by atoms with van der Waals surface area (Å²) in [5, 5.41) is 58.1. The first-order valence-corrected chi connectivity index (χ1v) is 14.7. The zero-order valence-corrected chi connectivity index (χ0v) is 24.5. The summed E-state index contributed by atoms with van der Waals surface area (Å²) < 4.78 is 23.9. The molecular weight excluding hydrogens is 556 g/mol. The third-order valence-electron chi connectivity index (χ3n) is 8.57. The van der Waals surface area contributed by atoms with Gasteiger partial charge in [0.25, 0.3) is 5.91 Å². The van der Waals surface area contributed by atoms with Crippen LogP contribution in [0.25, 0.3) is 0 Å². The molecule has 14 atom stereocenters. The van der Waals surface area contributed by atoms with Crippen LogP contribution < -0.4 is 33.6 Å². The van der Waals surface area contributed by atoms with E-state index >= 15 is 0 Å². The molecule has 0 aromatic rings. The fourth-order valence-electron chi connectivity index (χ4n) is 5.56. The minimum absolute atomic E-state index is 0.0138. The summed E-state index contributed by atoms with van der Waals surface area (Å²) in [7, 11) is 0. The van der Waals surface area contributed by atoms with E-state index in [0.29, 0.717) is 25.9 Å². The first-order valence-electron chi connectivity index (χ1n) is 14.7. The van der Waals surface area contributed by atoms with Gasteiger partial charge in [0.15, 0.2) is 12.6 Å². The van der Waals surface area contributed by atoms with Gasteiger partial charge in [0.05, 0.1) is 37.0 Å². The molecule has 0 bridgehead atoms. The molecule has 2 heterocycles. The van der Waals surface area contributed by atoms with Gasteiger partial charge in [0.2, 0.25) is 0 Å². The van der Waals surface area contributed by atoms with Crippen molar-refractivity contribution in [3.8, 4) is 0 Å². The van der Waals surface area contributed by atoms with Crippen LogP contribution in [0.2, 0.25) is 0 Å². The molecule has 0 aromatic carbocycles. The molecule has 15 N–H and O–H groups in total. The van der Waals surface area contributed by atoms with Gasteiger partial charge in [0, 0.05) is 31.1 Å². The minimum Gasteiger partial charge on any atom is -0.395 e. The molecule has 0 aromatic heterocycles. The monoisotopic (exact) mass is 608 g/mol. The van der Waals surface area contributed by atoms with Gasteiger partial charge in [-0.1, -0.05) is 6.92 Å². The van der Waals surface area contributed by atoms with E-state index < -0.39 is 84.7 Å². The van der Waals surface area contributed by atoms with Crippen molar-refractivity contribution >= 4 is 5.91 Å². The second-order valence-electron chi connectivity index (χ2n) is 12.0. The van der Waals surface area contributed by atoms with E-state index in [9.17, 15) is 25.2 Å². The summed E-state index contributed by atoms with van der Waals surface area (Å²) in [6, 6.07) is -3.17. The van der Waals surface area contributed by atoms with E-state index in [1.807, 2.05) is 0 Å². The first kappa shape index (κ1) is 35.4. The Kier molecular flexibility index (Phi) is 13.3. The molecule has 3 rings (SSSR count). The Morgan fingerprint density at radius 3 is 2.48 bits per heavy atom. The Balaban J connectivity index is 1.78. The predicted octanol–water partition coefficient (Wildman–Crippen LogP) is -5.11. The molecule has 1 aliphatic carbocycles. The number of hydrogen-bond donors (Lipinski definition) is 11. The van der Waals surface area contributed by atoms with Gasteiger partial charge >= 0.3 is 0 Å². The van der Waals surface area contributed by atoms with Gasteiger partial charge in [-0.05, 0) is 39.2 Å². The van der Waals surface area contributed by atoms with Crippen LogP contribution in [0.4, 0.5) is 0 Å². The fourth-order valence-corrected chi connectivity index (χ4v) is 5.56. The third-order valence-corrected chi connectivity index (χ3v) is 8.57. The number of aliphatic hydroxyl groups is 5. The Hall–Kier alpha value is -1.09. The number of rotatable bonds is 13. The van der Waals surface area contributed by atoms with Crippen LogP contribution in [0.1, 0.15) is 39.5 Å². The zero-order chi connectivity index (χ0) is 31.2. The summed E-state index contributed by atoms with van der Waals surface area (Å²) in [6.45, 7) is 4.07. The molecule has 2 aliphatic heterocycles. The molecule has 0 spiro atoms. The number of amides is 1. The van der Waals surface area contributed by atoms with Gasteiger partial charge in [-0.2, -0.15) is 0 Å². The molecular formula is C26H52N6O10. The largest absolute Gasteiger partial charge is 0.395 e. The van der Waals surface area contributed by atoms with Gasteiger partial charge in [-0.25, -0.2) is 0 Å². The summed E-state index contributed by atoms with van der Waals surface area (Å²) in [4.78, 5) is 12.9. The van der Waals surface area contributed by atoms with E-state index in [-0.39, 0.29) is 38.7 Å². The topological polar surface area (TPSA) is 283 Å². The van der Waals surface area contributed by atoms with Crippen LogP contribution >= 0.6 is 0 Å². The van der Waals surface area contributed by atoms with E-state index in [2.05, 4.69) is 10.6 Å². The lowest BCUT2D eigenvalue weighted by Crippen LogP contribution is -2.68. The highest BCUT2D eigenvalue weighted by Crippen LogP contribution is 2.34. The molecule has 2 saturated heterocycles. The van der Waals surface area contributed by atoms with Gasteiger partial charge in [-0.3, -0.25) is 4.79 Å². The lowest BCUT2D eigenvalue weighted by molar-refractivity contribution is -0.314. The highest BCUT2D eigenvalue weighted by Gasteiger charge is 2.51. The smallest absolute Gasteiger partial charge is 0.250 e. The summed E-state index contributed by atoms with van der Waals surface area (Å²) >= 11 is 0. The second-order valence-corrected chi connectivity index (χ2v) is 12.0. The molecule has 0 radical (unpaired) electrons. The van der Waals surface area contributed by atoms with Crippen LogP contribution in [0.3, 0.4) is 0 Å². The van der Waals surface area contributed by atoms with Crippen LogP contribution in [-0.4, -0.2) is 143 Å². The van der Waals surface area contributed by atoms with Crippen molar-refractivity contribution in [1.82, 2.24) is 10.6 Å². The van der Waals surface area contributed by atoms with Crippen molar-refractivity contribution < 1.29 is 49.3 Å². The van der Waals surface area contributed by atoms with Crippen molar-refractivity contribution in [3.63, 3.8) is 0 Å². The van der Waals surface area contributed by atoms with Gasteiger partial charge < -0.3 is 78.0 Å². The Bertz CT molecular complexity index is 845. The van der Waals surface area contributed by atoms with Crippen LogP contribution in [0.15, 0.2) is 0 Å². The van der Waals surface area contributed by atoms with Crippen LogP contribution in [0.5, 0.6) is 0 Å². The van der Waals surface area contributed by atoms with E-state index in [1.54, 1.807) is 6.92 Å². The number of nitrogens with one attached hydrogen (secondary N) is 2. The Morgan fingerprint density at radius 2 is 1.81 bits per heavy atom. The van der Waals surface area contributed by atoms with Crippen molar-refractivity contribution in [3.05, 3.63) is 0 Å².